The van der Waals surface area contributed by atoms with Gasteiger partial charge < -0.3 is 5.32 Å². The topological polar surface area (TPSA) is 12.0 Å². The zero-order chi connectivity index (χ0) is 14.0. The van der Waals surface area contributed by atoms with Crippen LogP contribution in [0.4, 0.5) is 0 Å². The van der Waals surface area contributed by atoms with Gasteiger partial charge in [0.15, 0.2) is 0 Å². The van der Waals surface area contributed by atoms with Crippen LogP contribution in [0, 0.1) is 5.92 Å². The third-order valence-electron chi connectivity index (χ3n) is 4.64. The van der Waals surface area contributed by atoms with Crippen molar-refractivity contribution in [2.75, 3.05) is 6.54 Å². The molecule has 1 heteroatoms. The summed E-state index contributed by atoms with van der Waals surface area (Å²) in [5, 5.41) is 3.82. The molecule has 114 valence electrons. The number of unbranched alkanes of at least 4 members (excludes halogenated alkanes) is 7. The lowest BCUT2D eigenvalue weighted by atomic mass is 9.83. The molecule has 0 spiro atoms. The molecule has 0 aromatic heterocycles. The SMILES string of the molecule is CCCCCCCCCCC1(CC(C)C)CCCN1. The first-order chi connectivity index (χ1) is 9.18. The molecule has 19 heavy (non-hydrogen) atoms. The highest BCUT2D eigenvalue weighted by Crippen LogP contribution is 2.32. The molecule has 0 aromatic rings. The summed E-state index contributed by atoms with van der Waals surface area (Å²) in [6.45, 7) is 8.29. The highest BCUT2D eigenvalue weighted by Gasteiger charge is 2.32. The molecule has 1 rings (SSSR count). The van der Waals surface area contributed by atoms with Gasteiger partial charge in [-0.25, -0.2) is 0 Å². The van der Waals surface area contributed by atoms with Crippen molar-refractivity contribution in [2.45, 2.75) is 103 Å². The molecule has 1 nitrogen and oxygen atoms in total. The van der Waals surface area contributed by atoms with Crippen molar-refractivity contribution in [1.82, 2.24) is 5.32 Å². The number of hydrogen-bond donors (Lipinski definition) is 1. The highest BCUT2D eigenvalue weighted by atomic mass is 15.0. The van der Waals surface area contributed by atoms with Gasteiger partial charge in [0.05, 0.1) is 0 Å². The van der Waals surface area contributed by atoms with Crippen molar-refractivity contribution in [1.29, 1.82) is 0 Å². The van der Waals surface area contributed by atoms with Gasteiger partial charge in [-0.15, -0.1) is 0 Å². The monoisotopic (exact) mass is 267 g/mol. The summed E-state index contributed by atoms with van der Waals surface area (Å²) in [6.07, 6.45) is 17.1. The second-order valence-corrected chi connectivity index (χ2v) is 7.13. The van der Waals surface area contributed by atoms with Crippen molar-refractivity contribution in [2.24, 2.45) is 5.92 Å². The predicted molar refractivity (Wildman–Crippen MR) is 86.6 cm³/mol. The largest absolute Gasteiger partial charge is 0.311 e. The number of hydrogen-bond acceptors (Lipinski definition) is 1. The maximum Gasteiger partial charge on any atom is 0.0184 e. The van der Waals surface area contributed by atoms with Crippen LogP contribution in [-0.4, -0.2) is 12.1 Å². The fourth-order valence-corrected chi connectivity index (χ4v) is 3.74. The van der Waals surface area contributed by atoms with Gasteiger partial charge in [-0.1, -0.05) is 72.1 Å². The fourth-order valence-electron chi connectivity index (χ4n) is 3.74. The summed E-state index contributed by atoms with van der Waals surface area (Å²) in [5.74, 6) is 0.833. The van der Waals surface area contributed by atoms with Crippen LogP contribution in [0.2, 0.25) is 0 Å². The quantitative estimate of drug-likeness (QED) is 0.474. The number of rotatable bonds is 11. The zero-order valence-corrected chi connectivity index (χ0v) is 13.8. The highest BCUT2D eigenvalue weighted by molar-refractivity contribution is 4.93. The standard InChI is InChI=1S/C18H37N/c1-4-5-6-7-8-9-10-11-13-18(16-17(2)3)14-12-15-19-18/h17,19H,4-16H2,1-3H3. The fraction of sp³-hybridized carbons (Fsp3) is 1.00. The Labute approximate surface area is 121 Å². The first-order valence-electron chi connectivity index (χ1n) is 8.93. The minimum Gasteiger partial charge on any atom is -0.311 e. The minimum absolute atomic E-state index is 0.510. The Morgan fingerprint density at radius 1 is 0.947 bits per heavy atom. The molecule has 0 aromatic carbocycles. The van der Waals surface area contributed by atoms with E-state index in [0.29, 0.717) is 5.54 Å². The Balaban J connectivity index is 2.05. The Morgan fingerprint density at radius 2 is 1.58 bits per heavy atom. The van der Waals surface area contributed by atoms with Crippen molar-refractivity contribution < 1.29 is 0 Å². The lowest BCUT2D eigenvalue weighted by molar-refractivity contribution is 0.274. The van der Waals surface area contributed by atoms with E-state index >= 15 is 0 Å². The lowest BCUT2D eigenvalue weighted by Crippen LogP contribution is -2.40. The third kappa shape index (κ3) is 7.34. The van der Waals surface area contributed by atoms with Gasteiger partial charge in [-0.05, 0) is 38.1 Å². The molecular formula is C18H37N. The summed E-state index contributed by atoms with van der Waals surface area (Å²) >= 11 is 0. The minimum atomic E-state index is 0.510. The Hall–Kier alpha value is -0.0400. The third-order valence-corrected chi connectivity index (χ3v) is 4.64. The van der Waals surface area contributed by atoms with Crippen LogP contribution < -0.4 is 5.32 Å². The first-order valence-corrected chi connectivity index (χ1v) is 8.93. The Morgan fingerprint density at radius 3 is 2.11 bits per heavy atom. The van der Waals surface area contributed by atoms with E-state index in [4.69, 9.17) is 0 Å². The van der Waals surface area contributed by atoms with Crippen LogP contribution in [0.15, 0.2) is 0 Å². The van der Waals surface area contributed by atoms with Crippen molar-refractivity contribution >= 4 is 0 Å². The van der Waals surface area contributed by atoms with Gasteiger partial charge >= 0.3 is 0 Å². The maximum atomic E-state index is 3.82. The summed E-state index contributed by atoms with van der Waals surface area (Å²) in [5.41, 5.74) is 0.510. The van der Waals surface area contributed by atoms with E-state index in [2.05, 4.69) is 26.1 Å². The van der Waals surface area contributed by atoms with E-state index in [1.165, 1.54) is 83.6 Å². The molecule has 0 amide bonds. The van der Waals surface area contributed by atoms with Crippen molar-refractivity contribution in [3.8, 4) is 0 Å². The molecule has 1 aliphatic rings. The normalized spacial score (nSPS) is 23.4. The predicted octanol–water partition coefficient (Wildman–Crippen LogP) is 5.69. The average Bonchev–Trinajstić information content (AvgIpc) is 2.80. The van der Waals surface area contributed by atoms with Crippen LogP contribution in [0.5, 0.6) is 0 Å². The van der Waals surface area contributed by atoms with Gasteiger partial charge in [0.25, 0.3) is 0 Å². The van der Waals surface area contributed by atoms with E-state index < -0.39 is 0 Å². The summed E-state index contributed by atoms with van der Waals surface area (Å²) < 4.78 is 0. The van der Waals surface area contributed by atoms with Crippen molar-refractivity contribution in [3.63, 3.8) is 0 Å². The molecular weight excluding hydrogens is 230 g/mol. The molecule has 1 heterocycles. The van der Waals surface area contributed by atoms with Gasteiger partial charge in [-0.2, -0.15) is 0 Å². The van der Waals surface area contributed by atoms with Crippen LogP contribution in [0.1, 0.15) is 97.8 Å². The van der Waals surface area contributed by atoms with Crippen molar-refractivity contribution in [3.05, 3.63) is 0 Å². The molecule has 1 unspecified atom stereocenters. The van der Waals surface area contributed by atoms with Crippen LogP contribution >= 0.6 is 0 Å². The van der Waals surface area contributed by atoms with E-state index in [-0.39, 0.29) is 0 Å². The molecule has 1 saturated heterocycles. The summed E-state index contributed by atoms with van der Waals surface area (Å²) in [6, 6.07) is 0. The summed E-state index contributed by atoms with van der Waals surface area (Å²) in [7, 11) is 0. The maximum absolute atomic E-state index is 3.82. The van der Waals surface area contributed by atoms with Gasteiger partial charge in [0.1, 0.15) is 0 Å². The first kappa shape index (κ1) is 17.0. The molecule has 1 atom stereocenters. The van der Waals surface area contributed by atoms with Gasteiger partial charge in [-0.3, -0.25) is 0 Å². The van der Waals surface area contributed by atoms with E-state index in [0.717, 1.165) is 5.92 Å². The summed E-state index contributed by atoms with van der Waals surface area (Å²) in [4.78, 5) is 0. The van der Waals surface area contributed by atoms with Gasteiger partial charge in [0, 0.05) is 5.54 Å². The smallest absolute Gasteiger partial charge is 0.0184 e. The molecule has 1 fully saturated rings. The van der Waals surface area contributed by atoms with E-state index in [9.17, 15) is 0 Å². The molecule has 1 aliphatic heterocycles. The molecule has 1 N–H and O–H groups in total. The molecule has 0 radical (unpaired) electrons. The van der Waals surface area contributed by atoms with E-state index in [1.807, 2.05) is 0 Å². The van der Waals surface area contributed by atoms with Crippen LogP contribution in [0.3, 0.4) is 0 Å². The molecule has 0 bridgehead atoms. The van der Waals surface area contributed by atoms with Crippen LogP contribution in [0.25, 0.3) is 0 Å². The lowest BCUT2D eigenvalue weighted by Gasteiger charge is -2.31. The second kappa shape index (κ2) is 9.80. The average molecular weight is 268 g/mol. The Kier molecular flexibility index (Phi) is 8.77. The molecule has 0 saturated carbocycles. The van der Waals surface area contributed by atoms with E-state index in [1.54, 1.807) is 0 Å². The zero-order valence-electron chi connectivity index (χ0n) is 13.8. The van der Waals surface area contributed by atoms with Crippen LogP contribution in [-0.2, 0) is 0 Å². The van der Waals surface area contributed by atoms with Gasteiger partial charge in [0.2, 0.25) is 0 Å². The molecule has 0 aliphatic carbocycles. The Bertz CT molecular complexity index is 204. The number of nitrogens with one attached hydrogen (secondary N) is 1. The second-order valence-electron chi connectivity index (χ2n) is 7.13.